The van der Waals surface area contributed by atoms with Crippen molar-refractivity contribution in [1.29, 1.82) is 10.7 Å². The molecule has 0 radical (unpaired) electrons. The number of ether oxygens (including phenoxy) is 1. The Bertz CT molecular complexity index is 1110. The van der Waals surface area contributed by atoms with E-state index in [2.05, 4.69) is 40.7 Å². The summed E-state index contributed by atoms with van der Waals surface area (Å²) in [7, 11) is 0. The maximum absolute atomic E-state index is 9.14. The molecule has 6 nitrogen and oxygen atoms in total. The number of hydrogen-bond acceptors (Lipinski definition) is 6. The highest BCUT2D eigenvalue weighted by molar-refractivity contribution is 5.87. The van der Waals surface area contributed by atoms with Gasteiger partial charge in [-0.2, -0.15) is 5.26 Å². The van der Waals surface area contributed by atoms with Crippen molar-refractivity contribution in [3.8, 4) is 23.1 Å². The number of hydrogen-bond donors (Lipinski definition) is 3. The van der Waals surface area contributed by atoms with E-state index in [0.717, 1.165) is 48.4 Å². The largest absolute Gasteiger partial charge is 0.472 e. The van der Waals surface area contributed by atoms with Crippen molar-refractivity contribution in [2.75, 3.05) is 25.0 Å². The first kappa shape index (κ1) is 21.5. The van der Waals surface area contributed by atoms with E-state index in [0.29, 0.717) is 29.7 Å². The highest BCUT2D eigenvalue weighted by atomic mass is 16.5. The molecule has 1 fully saturated rings. The molecule has 0 spiro atoms. The van der Waals surface area contributed by atoms with Crippen molar-refractivity contribution in [3.63, 3.8) is 0 Å². The van der Waals surface area contributed by atoms with Gasteiger partial charge in [0.15, 0.2) is 0 Å². The average molecular weight is 426 g/mol. The molecule has 3 aromatic rings. The molecule has 1 aliphatic heterocycles. The number of rotatable bonds is 8. The first-order valence-electron chi connectivity index (χ1n) is 10.9. The Morgan fingerprint density at radius 2 is 2.00 bits per heavy atom. The van der Waals surface area contributed by atoms with Crippen LogP contribution in [0.5, 0.6) is 5.88 Å². The Morgan fingerprint density at radius 3 is 2.66 bits per heavy atom. The topological polar surface area (TPSA) is 93.8 Å². The van der Waals surface area contributed by atoms with E-state index in [1.807, 2.05) is 30.3 Å². The minimum absolute atomic E-state index is 0.383. The van der Waals surface area contributed by atoms with E-state index >= 15 is 0 Å². The van der Waals surface area contributed by atoms with Crippen LogP contribution >= 0.6 is 0 Å². The van der Waals surface area contributed by atoms with Gasteiger partial charge in [-0.15, -0.1) is 0 Å². The van der Waals surface area contributed by atoms with Crippen LogP contribution in [-0.2, 0) is 6.61 Å². The monoisotopic (exact) mass is 425 g/mol. The van der Waals surface area contributed by atoms with E-state index in [1.54, 1.807) is 12.1 Å². The SMILES string of the molecule is Cc1ccc(COc2nc(C=N)c(NCC3CCNC3)cc2-c2ccc(C#N)cc2)cc1. The summed E-state index contributed by atoms with van der Waals surface area (Å²) in [5, 5.41) is 23.9. The average Bonchev–Trinajstić information content (AvgIpc) is 3.36. The maximum atomic E-state index is 9.14. The zero-order valence-corrected chi connectivity index (χ0v) is 18.2. The summed E-state index contributed by atoms with van der Waals surface area (Å²) in [5.74, 6) is 1.03. The molecule has 2 aromatic carbocycles. The first-order valence-corrected chi connectivity index (χ1v) is 10.9. The molecule has 32 heavy (non-hydrogen) atoms. The molecular formula is C26H27N5O. The van der Waals surface area contributed by atoms with E-state index in [4.69, 9.17) is 15.4 Å². The van der Waals surface area contributed by atoms with Gasteiger partial charge in [0.1, 0.15) is 12.3 Å². The lowest BCUT2D eigenvalue weighted by Gasteiger charge is -2.17. The van der Waals surface area contributed by atoms with Crippen LogP contribution in [0.4, 0.5) is 5.69 Å². The summed E-state index contributed by atoms with van der Waals surface area (Å²) in [5.41, 5.74) is 5.96. The number of anilines is 1. The van der Waals surface area contributed by atoms with Gasteiger partial charge in [0.2, 0.25) is 5.88 Å². The third-order valence-corrected chi connectivity index (χ3v) is 5.72. The van der Waals surface area contributed by atoms with Crippen LogP contribution in [0.1, 0.15) is 28.8 Å². The van der Waals surface area contributed by atoms with E-state index in [-0.39, 0.29) is 0 Å². The second-order valence-corrected chi connectivity index (χ2v) is 8.12. The van der Waals surface area contributed by atoms with Crippen LogP contribution in [0.25, 0.3) is 11.1 Å². The summed E-state index contributed by atoms with van der Waals surface area (Å²) in [4.78, 5) is 4.68. The molecule has 4 rings (SSSR count). The van der Waals surface area contributed by atoms with Gasteiger partial charge in [-0.3, -0.25) is 0 Å². The Hall–Kier alpha value is -3.69. The molecular weight excluding hydrogens is 398 g/mol. The summed E-state index contributed by atoms with van der Waals surface area (Å²) in [6, 6.07) is 19.8. The van der Waals surface area contributed by atoms with Crippen LogP contribution in [0.15, 0.2) is 54.6 Å². The molecule has 1 aliphatic rings. The van der Waals surface area contributed by atoms with Crippen LogP contribution in [0.3, 0.4) is 0 Å². The fourth-order valence-electron chi connectivity index (χ4n) is 3.78. The van der Waals surface area contributed by atoms with Crippen LogP contribution in [0.2, 0.25) is 0 Å². The van der Waals surface area contributed by atoms with Gasteiger partial charge < -0.3 is 20.8 Å². The number of pyridine rings is 1. The second kappa shape index (κ2) is 10.1. The van der Waals surface area contributed by atoms with Gasteiger partial charge in [0.05, 0.1) is 17.3 Å². The van der Waals surface area contributed by atoms with Gasteiger partial charge in [0, 0.05) is 18.3 Å². The lowest BCUT2D eigenvalue weighted by molar-refractivity contribution is 0.295. The Morgan fingerprint density at radius 1 is 1.22 bits per heavy atom. The van der Waals surface area contributed by atoms with E-state index < -0.39 is 0 Å². The summed E-state index contributed by atoms with van der Waals surface area (Å²) in [6.07, 6.45) is 2.40. The molecule has 0 aliphatic carbocycles. The zero-order chi connectivity index (χ0) is 22.3. The van der Waals surface area contributed by atoms with Crippen LogP contribution in [0, 0.1) is 29.6 Å². The minimum atomic E-state index is 0.383. The Kier molecular flexibility index (Phi) is 6.78. The zero-order valence-electron chi connectivity index (χ0n) is 18.2. The number of benzene rings is 2. The smallest absolute Gasteiger partial charge is 0.222 e. The summed E-state index contributed by atoms with van der Waals surface area (Å²) < 4.78 is 6.13. The standard InChI is InChI=1S/C26H27N5O/c1-18-2-4-20(5-3-18)17-32-26-23(22-8-6-19(13-27)7-9-22)12-24(25(14-28)31-26)30-16-21-10-11-29-15-21/h2-9,12,14,21,28-30H,10-11,15-17H2,1H3. The molecule has 2 heterocycles. The molecule has 3 N–H and O–H groups in total. The van der Waals surface area contributed by atoms with Gasteiger partial charge in [-0.05, 0) is 61.7 Å². The van der Waals surface area contributed by atoms with Gasteiger partial charge in [-0.25, -0.2) is 4.98 Å². The van der Waals surface area contributed by atoms with Crippen molar-refractivity contribution in [3.05, 3.63) is 77.0 Å². The normalized spacial score (nSPS) is 15.2. The quantitative estimate of drug-likeness (QED) is 0.461. The highest BCUT2D eigenvalue weighted by Gasteiger charge is 2.17. The highest BCUT2D eigenvalue weighted by Crippen LogP contribution is 2.33. The maximum Gasteiger partial charge on any atom is 0.222 e. The van der Waals surface area contributed by atoms with Crippen LogP contribution in [-0.4, -0.2) is 30.8 Å². The first-order chi connectivity index (χ1) is 15.7. The number of aryl methyl sites for hydroxylation is 1. The molecule has 0 amide bonds. The number of nitriles is 1. The number of nitrogens with one attached hydrogen (secondary N) is 3. The van der Waals surface area contributed by atoms with Crippen molar-refractivity contribution in [2.45, 2.75) is 20.0 Å². The van der Waals surface area contributed by atoms with Gasteiger partial charge in [0.25, 0.3) is 0 Å². The molecule has 162 valence electrons. The summed E-state index contributed by atoms with van der Waals surface area (Å²) in [6.45, 7) is 5.31. The van der Waals surface area contributed by atoms with Crippen molar-refractivity contribution < 1.29 is 4.74 Å². The number of aromatic nitrogens is 1. The van der Waals surface area contributed by atoms with Gasteiger partial charge in [-0.1, -0.05) is 42.0 Å². The third-order valence-electron chi connectivity index (χ3n) is 5.72. The molecule has 0 bridgehead atoms. The van der Waals surface area contributed by atoms with E-state index in [9.17, 15) is 0 Å². The summed E-state index contributed by atoms with van der Waals surface area (Å²) >= 11 is 0. The predicted molar refractivity (Wildman–Crippen MR) is 127 cm³/mol. The van der Waals surface area contributed by atoms with Crippen molar-refractivity contribution in [2.24, 2.45) is 5.92 Å². The number of nitrogens with zero attached hydrogens (tertiary/aromatic N) is 2. The Balaban J connectivity index is 1.65. The second-order valence-electron chi connectivity index (χ2n) is 8.12. The van der Waals surface area contributed by atoms with Crippen molar-refractivity contribution >= 4 is 11.9 Å². The molecule has 1 atom stereocenters. The molecule has 1 unspecified atom stereocenters. The molecule has 0 saturated carbocycles. The van der Waals surface area contributed by atoms with Crippen LogP contribution < -0.4 is 15.4 Å². The molecule has 1 saturated heterocycles. The predicted octanol–water partition coefficient (Wildman–Crippen LogP) is 4.53. The fraction of sp³-hybridized carbons (Fsp3) is 0.269. The molecule has 1 aromatic heterocycles. The lowest BCUT2D eigenvalue weighted by atomic mass is 10.0. The lowest BCUT2D eigenvalue weighted by Crippen LogP contribution is -2.18. The van der Waals surface area contributed by atoms with Crippen molar-refractivity contribution in [1.82, 2.24) is 10.3 Å². The minimum Gasteiger partial charge on any atom is -0.472 e. The Labute approximate surface area is 188 Å². The van der Waals surface area contributed by atoms with E-state index in [1.165, 1.54) is 11.8 Å². The third kappa shape index (κ3) is 5.13. The van der Waals surface area contributed by atoms with Gasteiger partial charge >= 0.3 is 0 Å². The fourth-order valence-corrected chi connectivity index (χ4v) is 3.78. The molecule has 6 heteroatoms.